The molecular weight excluding hydrogens is 829 g/mol. The van der Waals surface area contributed by atoms with E-state index in [1.165, 1.54) is 244 Å². The smallest absolute Gasteiger partial charge is 0.306 e. The monoisotopic (exact) mass is 947 g/mol. The number of hydrogen-bond acceptors (Lipinski definition) is 6. The third-order valence-electron chi connectivity index (χ3n) is 14.0. The highest BCUT2D eigenvalue weighted by molar-refractivity contribution is 5.71. The first kappa shape index (κ1) is 65.4. The van der Waals surface area contributed by atoms with Crippen molar-refractivity contribution in [2.24, 2.45) is 5.92 Å². The molecule has 0 amide bonds. The normalized spacial score (nSPS) is 12.0. The molecule has 0 aromatic rings. The van der Waals surface area contributed by atoms with Crippen LogP contribution in [0.2, 0.25) is 0 Å². The Labute approximate surface area is 418 Å². The number of unbranched alkanes of at least 4 members (excludes halogenated alkanes) is 43. The molecule has 0 bridgehead atoms. The van der Waals surface area contributed by atoms with E-state index in [2.05, 4.69) is 27.7 Å². The summed E-state index contributed by atoms with van der Waals surface area (Å²) in [7, 11) is 0. The van der Waals surface area contributed by atoms with Crippen LogP contribution in [0.25, 0.3) is 0 Å². The van der Waals surface area contributed by atoms with Crippen LogP contribution in [0.1, 0.15) is 349 Å². The van der Waals surface area contributed by atoms with E-state index in [-0.39, 0.29) is 31.1 Å². The van der Waals surface area contributed by atoms with Gasteiger partial charge in [0.25, 0.3) is 0 Å². The highest BCUT2D eigenvalue weighted by Crippen LogP contribution is 2.18. The van der Waals surface area contributed by atoms with Crippen molar-refractivity contribution in [2.75, 3.05) is 13.2 Å². The molecule has 1 atom stereocenters. The molecule has 0 aromatic heterocycles. The van der Waals surface area contributed by atoms with E-state index in [1.54, 1.807) is 0 Å². The summed E-state index contributed by atoms with van der Waals surface area (Å²) in [6, 6.07) is 0. The van der Waals surface area contributed by atoms with Crippen LogP contribution < -0.4 is 0 Å². The second-order valence-electron chi connectivity index (χ2n) is 21.5. The van der Waals surface area contributed by atoms with Crippen LogP contribution in [0.15, 0.2) is 0 Å². The van der Waals surface area contributed by atoms with E-state index in [9.17, 15) is 14.4 Å². The van der Waals surface area contributed by atoms with Crippen molar-refractivity contribution in [1.82, 2.24) is 0 Å². The second kappa shape index (κ2) is 55.3. The molecule has 0 unspecified atom stereocenters. The van der Waals surface area contributed by atoms with Gasteiger partial charge < -0.3 is 14.2 Å². The minimum atomic E-state index is -0.762. The first-order valence-corrected chi connectivity index (χ1v) is 30.4. The fraction of sp³-hybridized carbons (Fsp3) is 0.951. The highest BCUT2D eigenvalue weighted by Gasteiger charge is 2.19. The third-order valence-corrected chi connectivity index (χ3v) is 14.0. The van der Waals surface area contributed by atoms with Crippen LogP contribution in [0, 0.1) is 5.92 Å². The van der Waals surface area contributed by atoms with Crippen LogP contribution >= 0.6 is 0 Å². The summed E-state index contributed by atoms with van der Waals surface area (Å²) in [5.41, 5.74) is 0. The van der Waals surface area contributed by atoms with Gasteiger partial charge >= 0.3 is 17.9 Å². The lowest BCUT2D eigenvalue weighted by atomic mass is 10.0. The molecule has 398 valence electrons. The van der Waals surface area contributed by atoms with E-state index >= 15 is 0 Å². The average Bonchev–Trinajstić information content (AvgIpc) is 3.31. The highest BCUT2D eigenvalue weighted by atomic mass is 16.6. The molecule has 0 fully saturated rings. The fourth-order valence-corrected chi connectivity index (χ4v) is 9.46. The summed E-state index contributed by atoms with van der Waals surface area (Å²) < 4.78 is 16.9. The summed E-state index contributed by atoms with van der Waals surface area (Å²) in [4.78, 5) is 38.2. The Bertz CT molecular complexity index is 1010. The maximum absolute atomic E-state index is 12.8. The minimum absolute atomic E-state index is 0.0614. The van der Waals surface area contributed by atoms with Gasteiger partial charge in [-0.25, -0.2) is 0 Å². The Morgan fingerprint density at radius 3 is 0.731 bits per heavy atom. The zero-order valence-electron chi connectivity index (χ0n) is 45.9. The van der Waals surface area contributed by atoms with Gasteiger partial charge in [0.2, 0.25) is 0 Å². The number of hydrogen-bond donors (Lipinski definition) is 0. The van der Waals surface area contributed by atoms with Gasteiger partial charge in [-0.3, -0.25) is 14.4 Å². The van der Waals surface area contributed by atoms with Crippen molar-refractivity contribution >= 4 is 17.9 Å². The maximum atomic E-state index is 12.8. The Balaban J connectivity index is 4.23. The standard InChI is InChI=1S/C61H118O6/c1-5-7-9-11-13-15-17-19-24-29-32-36-40-44-48-52-59(62)65-55-58(67-61(64)54-50-46-42-38-34-27-18-16-14-12-10-8-6-2)56-66-60(63)53-49-45-41-37-33-30-26-23-21-20-22-25-28-31-35-39-43-47-51-57(3)4/h57-58H,5-56H2,1-4H3/t58-/m1/s1. The maximum Gasteiger partial charge on any atom is 0.306 e. The molecule has 0 spiro atoms. The molecule has 0 rings (SSSR count). The number of esters is 3. The third kappa shape index (κ3) is 55.2. The Morgan fingerprint density at radius 1 is 0.284 bits per heavy atom. The predicted octanol–water partition coefficient (Wildman–Crippen LogP) is 20.2. The van der Waals surface area contributed by atoms with Gasteiger partial charge in [-0.1, -0.05) is 310 Å². The summed E-state index contributed by atoms with van der Waals surface area (Å²) in [5.74, 6) is 0.0277. The van der Waals surface area contributed by atoms with Crippen molar-refractivity contribution < 1.29 is 28.6 Å². The first-order valence-electron chi connectivity index (χ1n) is 30.4. The number of rotatable bonds is 56. The van der Waals surface area contributed by atoms with Gasteiger partial charge in [0.1, 0.15) is 13.2 Å². The van der Waals surface area contributed by atoms with Gasteiger partial charge in [-0.15, -0.1) is 0 Å². The van der Waals surface area contributed by atoms with Crippen LogP contribution in [-0.2, 0) is 28.6 Å². The lowest BCUT2D eigenvalue weighted by Crippen LogP contribution is -2.30. The van der Waals surface area contributed by atoms with Crippen molar-refractivity contribution in [3.05, 3.63) is 0 Å². The Kier molecular flexibility index (Phi) is 54.0. The molecule has 6 nitrogen and oxygen atoms in total. The molecule has 0 aliphatic carbocycles. The molecule has 0 N–H and O–H groups in total. The van der Waals surface area contributed by atoms with Crippen molar-refractivity contribution in [3.8, 4) is 0 Å². The predicted molar refractivity (Wildman–Crippen MR) is 289 cm³/mol. The van der Waals surface area contributed by atoms with E-state index < -0.39 is 6.10 Å². The molecule has 0 heterocycles. The van der Waals surface area contributed by atoms with Gasteiger partial charge in [0, 0.05) is 19.3 Å². The molecule has 6 heteroatoms. The van der Waals surface area contributed by atoms with Crippen molar-refractivity contribution in [2.45, 2.75) is 355 Å². The molecule has 0 aliphatic rings. The molecular formula is C61H118O6. The van der Waals surface area contributed by atoms with E-state index in [0.717, 1.165) is 63.7 Å². The van der Waals surface area contributed by atoms with Crippen LogP contribution in [0.4, 0.5) is 0 Å². The second-order valence-corrected chi connectivity index (χ2v) is 21.5. The van der Waals surface area contributed by atoms with E-state index in [0.29, 0.717) is 19.3 Å². The van der Waals surface area contributed by atoms with Gasteiger partial charge in [-0.05, 0) is 25.2 Å². The zero-order valence-corrected chi connectivity index (χ0v) is 45.9. The van der Waals surface area contributed by atoms with Crippen LogP contribution in [0.3, 0.4) is 0 Å². The number of carbonyl (C=O) groups excluding carboxylic acids is 3. The average molecular weight is 948 g/mol. The summed E-state index contributed by atoms with van der Waals surface area (Å²) in [6.07, 6.45) is 61.0. The molecule has 0 aliphatic heterocycles. The number of carbonyl (C=O) groups is 3. The molecule has 67 heavy (non-hydrogen) atoms. The molecule has 0 saturated carbocycles. The zero-order chi connectivity index (χ0) is 48.8. The van der Waals surface area contributed by atoms with Crippen LogP contribution in [0.5, 0.6) is 0 Å². The fourth-order valence-electron chi connectivity index (χ4n) is 9.46. The number of ether oxygens (including phenoxy) is 3. The minimum Gasteiger partial charge on any atom is -0.462 e. The van der Waals surface area contributed by atoms with Crippen molar-refractivity contribution in [3.63, 3.8) is 0 Å². The lowest BCUT2D eigenvalue weighted by molar-refractivity contribution is -0.167. The lowest BCUT2D eigenvalue weighted by Gasteiger charge is -2.18. The van der Waals surface area contributed by atoms with Crippen molar-refractivity contribution in [1.29, 1.82) is 0 Å². The van der Waals surface area contributed by atoms with Gasteiger partial charge in [0.15, 0.2) is 6.10 Å². The summed E-state index contributed by atoms with van der Waals surface area (Å²) in [5, 5.41) is 0. The molecule has 0 radical (unpaired) electrons. The quantitative estimate of drug-likeness (QED) is 0.0343. The van der Waals surface area contributed by atoms with E-state index in [4.69, 9.17) is 14.2 Å². The van der Waals surface area contributed by atoms with Gasteiger partial charge in [-0.2, -0.15) is 0 Å². The van der Waals surface area contributed by atoms with Crippen LogP contribution in [-0.4, -0.2) is 37.2 Å². The molecule has 0 saturated heterocycles. The van der Waals surface area contributed by atoms with E-state index in [1.807, 2.05) is 0 Å². The SMILES string of the molecule is CCCCCCCCCCCCCCCCCC(=O)OC[C@H](COC(=O)CCCCCCCCCCCCCCCCCCCCC(C)C)OC(=O)CCCCCCCCCCCCCCC. The topological polar surface area (TPSA) is 78.9 Å². The Morgan fingerprint density at radius 2 is 0.493 bits per heavy atom. The Hall–Kier alpha value is -1.59. The summed E-state index contributed by atoms with van der Waals surface area (Å²) >= 11 is 0. The van der Waals surface area contributed by atoms with Gasteiger partial charge in [0.05, 0.1) is 0 Å². The molecule has 0 aromatic carbocycles. The first-order chi connectivity index (χ1) is 32.9. The summed E-state index contributed by atoms with van der Waals surface area (Å²) in [6.45, 7) is 9.08. The largest absolute Gasteiger partial charge is 0.462 e.